The van der Waals surface area contributed by atoms with Crippen molar-refractivity contribution in [2.75, 3.05) is 37.9 Å². The zero-order valence-electron chi connectivity index (χ0n) is 28.3. The molecular formula is C34H46N6O8. The highest BCUT2D eigenvalue weighted by Crippen LogP contribution is 2.27. The average Bonchev–Trinajstić information content (AvgIpc) is 3.76. The molecule has 260 valence electrons. The Hall–Kier alpha value is -4.88. The molecule has 0 spiro atoms. The Kier molecular flexibility index (Phi) is 11.8. The number of amides is 6. The molecule has 4 atom stereocenters. The van der Waals surface area contributed by atoms with Crippen LogP contribution in [-0.4, -0.2) is 97.1 Å². The van der Waals surface area contributed by atoms with Gasteiger partial charge in [0.05, 0.1) is 14.2 Å². The van der Waals surface area contributed by atoms with E-state index in [0.717, 1.165) is 10.8 Å². The van der Waals surface area contributed by atoms with Crippen LogP contribution in [0.3, 0.4) is 0 Å². The highest BCUT2D eigenvalue weighted by atomic mass is 16.5. The van der Waals surface area contributed by atoms with Crippen LogP contribution in [0.2, 0.25) is 0 Å². The molecule has 2 aliphatic rings. The van der Waals surface area contributed by atoms with Gasteiger partial charge in [0.25, 0.3) is 0 Å². The largest absolute Gasteiger partial charge is 0.453 e. The van der Waals surface area contributed by atoms with E-state index in [1.165, 1.54) is 24.0 Å². The summed E-state index contributed by atoms with van der Waals surface area (Å²) in [6.45, 7) is 8.07. The first kappa shape index (κ1) is 36.0. The number of carbonyl (C=O) groups is 6. The van der Waals surface area contributed by atoms with E-state index >= 15 is 0 Å². The molecule has 2 heterocycles. The van der Waals surface area contributed by atoms with Gasteiger partial charge in [0.15, 0.2) is 0 Å². The molecule has 14 heteroatoms. The van der Waals surface area contributed by atoms with Crippen molar-refractivity contribution in [1.29, 1.82) is 0 Å². The van der Waals surface area contributed by atoms with Gasteiger partial charge in [-0.25, -0.2) is 9.59 Å². The van der Waals surface area contributed by atoms with Crippen LogP contribution in [0.15, 0.2) is 36.4 Å². The SMILES string of the molecule is COC(=O)NC(C(=O)N1CCC[C@H]1C(=O)Nc1ccc2cc(NC(=O)[C@@H]3CCCN3C(=O)[C@@H](NC(=O)OC)C(C)C)ccc2c1)C(C)C. The minimum atomic E-state index is -0.820. The number of hydrogen-bond acceptors (Lipinski definition) is 8. The van der Waals surface area contributed by atoms with Crippen LogP contribution < -0.4 is 21.3 Å². The second kappa shape index (κ2) is 15.8. The molecule has 14 nitrogen and oxygen atoms in total. The lowest BCUT2D eigenvalue weighted by molar-refractivity contribution is -0.139. The lowest BCUT2D eigenvalue weighted by Gasteiger charge is -2.30. The first-order valence-corrected chi connectivity index (χ1v) is 16.3. The number of fused-ring (bicyclic) bond motifs is 1. The Morgan fingerprint density at radius 1 is 0.646 bits per heavy atom. The fourth-order valence-electron chi connectivity index (χ4n) is 6.21. The fourth-order valence-corrected chi connectivity index (χ4v) is 6.21. The third kappa shape index (κ3) is 8.33. The topological polar surface area (TPSA) is 175 Å². The minimum absolute atomic E-state index is 0.205. The molecule has 6 amide bonds. The van der Waals surface area contributed by atoms with Crippen LogP contribution in [0.1, 0.15) is 53.4 Å². The predicted octanol–water partition coefficient (Wildman–Crippen LogP) is 3.46. The van der Waals surface area contributed by atoms with Gasteiger partial charge in [-0.2, -0.15) is 0 Å². The lowest BCUT2D eigenvalue weighted by Crippen LogP contribution is -2.54. The summed E-state index contributed by atoms with van der Waals surface area (Å²) in [5.74, 6) is -1.71. The van der Waals surface area contributed by atoms with Crippen LogP contribution in [-0.2, 0) is 28.7 Å². The van der Waals surface area contributed by atoms with Crippen LogP contribution in [0.4, 0.5) is 21.0 Å². The maximum Gasteiger partial charge on any atom is 0.407 e. The van der Waals surface area contributed by atoms with Gasteiger partial charge in [-0.15, -0.1) is 0 Å². The first-order chi connectivity index (χ1) is 22.8. The molecule has 2 aromatic carbocycles. The highest BCUT2D eigenvalue weighted by Gasteiger charge is 2.40. The number of benzene rings is 2. The molecule has 2 aliphatic heterocycles. The van der Waals surface area contributed by atoms with Crippen LogP contribution in [0, 0.1) is 11.8 Å². The van der Waals surface area contributed by atoms with E-state index in [0.29, 0.717) is 50.1 Å². The third-order valence-electron chi connectivity index (χ3n) is 8.84. The highest BCUT2D eigenvalue weighted by molar-refractivity contribution is 6.02. The summed E-state index contributed by atoms with van der Waals surface area (Å²) in [5.41, 5.74) is 1.11. The normalized spacial score (nSPS) is 18.8. The summed E-state index contributed by atoms with van der Waals surface area (Å²) >= 11 is 0. The zero-order valence-corrected chi connectivity index (χ0v) is 28.3. The van der Waals surface area contributed by atoms with E-state index in [2.05, 4.69) is 30.7 Å². The summed E-state index contributed by atoms with van der Waals surface area (Å²) in [6.07, 6.45) is 0.911. The molecule has 2 fully saturated rings. The quantitative estimate of drug-likeness (QED) is 0.298. The number of alkyl carbamates (subject to hydrolysis) is 2. The van der Waals surface area contributed by atoms with Gasteiger partial charge in [0, 0.05) is 24.5 Å². The lowest BCUT2D eigenvalue weighted by atomic mass is 10.0. The smallest absolute Gasteiger partial charge is 0.407 e. The summed E-state index contributed by atoms with van der Waals surface area (Å²) in [5, 5.41) is 12.7. The number of rotatable bonds is 10. The van der Waals surface area contributed by atoms with Crippen molar-refractivity contribution in [1.82, 2.24) is 20.4 Å². The standard InChI is InChI=1S/C34H46N6O8/c1-19(2)27(37-33(45)47-5)31(43)39-15-7-9-25(39)29(41)35-23-13-11-22-18-24(14-12-21(22)17-23)36-30(42)26-10-8-16-40(26)32(44)28(20(3)4)38-34(46)48-6/h11-14,17-20,25-28H,7-10,15-16H2,1-6H3,(H,35,41)(H,36,42)(H,37,45)(H,38,46)/t25-,26-,27-,28?/m0/s1. The summed E-state index contributed by atoms with van der Waals surface area (Å²) in [6, 6.07) is 7.77. The van der Waals surface area contributed by atoms with Gasteiger partial charge in [0.2, 0.25) is 23.6 Å². The predicted molar refractivity (Wildman–Crippen MR) is 179 cm³/mol. The van der Waals surface area contributed by atoms with Crippen molar-refractivity contribution in [2.24, 2.45) is 11.8 Å². The minimum Gasteiger partial charge on any atom is -0.453 e. The van der Waals surface area contributed by atoms with E-state index < -0.39 is 36.4 Å². The Morgan fingerprint density at radius 3 is 1.35 bits per heavy atom. The Labute approximate surface area is 280 Å². The molecule has 0 bridgehead atoms. The van der Waals surface area contributed by atoms with Gasteiger partial charge < -0.3 is 40.5 Å². The van der Waals surface area contributed by atoms with E-state index in [4.69, 9.17) is 0 Å². The molecule has 0 saturated carbocycles. The van der Waals surface area contributed by atoms with Gasteiger partial charge in [-0.05, 0) is 72.6 Å². The number of hydrogen-bond donors (Lipinski definition) is 4. The molecule has 4 N–H and O–H groups in total. The van der Waals surface area contributed by atoms with Crippen LogP contribution in [0.25, 0.3) is 10.8 Å². The van der Waals surface area contributed by atoms with Gasteiger partial charge >= 0.3 is 12.2 Å². The van der Waals surface area contributed by atoms with E-state index in [1.54, 1.807) is 12.1 Å². The molecule has 2 aromatic rings. The van der Waals surface area contributed by atoms with Gasteiger partial charge in [-0.1, -0.05) is 39.8 Å². The summed E-state index contributed by atoms with van der Waals surface area (Å²) < 4.78 is 9.35. The monoisotopic (exact) mass is 666 g/mol. The third-order valence-corrected chi connectivity index (χ3v) is 8.84. The first-order valence-electron chi connectivity index (χ1n) is 16.3. The van der Waals surface area contributed by atoms with E-state index in [-0.39, 0.29) is 35.5 Å². The number of nitrogens with zero attached hydrogens (tertiary/aromatic N) is 2. The van der Waals surface area contributed by atoms with Crippen molar-refractivity contribution in [2.45, 2.75) is 77.5 Å². The maximum atomic E-state index is 13.3. The zero-order chi connectivity index (χ0) is 35.1. The molecule has 2 saturated heterocycles. The average molecular weight is 667 g/mol. The van der Waals surface area contributed by atoms with Crippen molar-refractivity contribution >= 4 is 58.0 Å². The number of ether oxygens (including phenoxy) is 2. The Bertz CT molecular complexity index is 1430. The summed E-state index contributed by atoms with van der Waals surface area (Å²) in [4.78, 5) is 80.0. The van der Waals surface area contributed by atoms with E-state index in [9.17, 15) is 28.8 Å². The van der Waals surface area contributed by atoms with Crippen molar-refractivity contribution < 1.29 is 38.2 Å². The molecular weight excluding hydrogens is 620 g/mol. The van der Waals surface area contributed by atoms with Crippen molar-refractivity contribution in [3.05, 3.63) is 36.4 Å². The second-order valence-electron chi connectivity index (χ2n) is 12.8. The molecule has 0 aliphatic carbocycles. The number of likely N-dealkylation sites (tertiary alicyclic amines) is 2. The number of nitrogens with one attached hydrogen (secondary N) is 4. The van der Waals surface area contributed by atoms with Crippen LogP contribution in [0.5, 0.6) is 0 Å². The molecule has 0 radical (unpaired) electrons. The fraction of sp³-hybridized carbons (Fsp3) is 0.529. The van der Waals surface area contributed by atoms with Crippen molar-refractivity contribution in [3.63, 3.8) is 0 Å². The number of methoxy groups -OCH3 is 2. The Morgan fingerprint density at radius 2 is 1.02 bits per heavy atom. The second-order valence-corrected chi connectivity index (χ2v) is 12.8. The molecule has 48 heavy (non-hydrogen) atoms. The molecule has 4 rings (SSSR count). The van der Waals surface area contributed by atoms with Crippen molar-refractivity contribution in [3.8, 4) is 0 Å². The maximum absolute atomic E-state index is 13.3. The van der Waals surface area contributed by atoms with Gasteiger partial charge in [0.1, 0.15) is 24.2 Å². The van der Waals surface area contributed by atoms with E-state index in [1.807, 2.05) is 52.0 Å². The molecule has 0 aromatic heterocycles. The Balaban J connectivity index is 1.41. The number of carbonyl (C=O) groups excluding carboxylic acids is 6. The van der Waals surface area contributed by atoms with Gasteiger partial charge in [-0.3, -0.25) is 19.2 Å². The molecule has 1 unspecified atom stereocenters. The summed E-state index contributed by atoms with van der Waals surface area (Å²) in [7, 11) is 2.46. The van der Waals surface area contributed by atoms with Crippen LogP contribution >= 0.6 is 0 Å². The number of anilines is 2.